The number of H-pyrrole nitrogens is 1. The van der Waals surface area contributed by atoms with Gasteiger partial charge < -0.3 is 19.8 Å². The van der Waals surface area contributed by atoms with E-state index in [1.807, 2.05) is 6.20 Å². The van der Waals surface area contributed by atoms with Crippen molar-refractivity contribution < 1.29 is 9.47 Å². The van der Waals surface area contributed by atoms with E-state index in [1.165, 1.54) is 0 Å². The Labute approximate surface area is 83.8 Å². The average Bonchev–Trinajstić information content (AvgIpc) is 2.69. The summed E-state index contributed by atoms with van der Waals surface area (Å²) in [4.78, 5) is 7.10. The van der Waals surface area contributed by atoms with Gasteiger partial charge in [-0.05, 0) is 0 Å². The van der Waals surface area contributed by atoms with Crippen LogP contribution in [0.3, 0.4) is 0 Å². The molecule has 1 aromatic heterocycles. The van der Waals surface area contributed by atoms with Crippen LogP contribution in [0.2, 0.25) is 0 Å². The number of nitrogens with one attached hydrogen (secondary N) is 2. The molecular formula is C9H17N3O2. The predicted molar refractivity (Wildman–Crippen MR) is 53.0 cm³/mol. The molecule has 0 saturated heterocycles. The van der Waals surface area contributed by atoms with E-state index in [-0.39, 0.29) is 0 Å². The molecule has 1 aromatic rings. The Morgan fingerprint density at radius 3 is 3.07 bits per heavy atom. The van der Waals surface area contributed by atoms with Crippen molar-refractivity contribution in [2.75, 3.05) is 33.5 Å². The summed E-state index contributed by atoms with van der Waals surface area (Å²) in [6.07, 6.45) is 3.55. The Balaban J connectivity index is 1.85. The number of ether oxygens (including phenoxy) is 2. The largest absolute Gasteiger partial charge is 0.382 e. The van der Waals surface area contributed by atoms with Crippen molar-refractivity contribution >= 4 is 0 Å². The number of nitrogens with zero attached hydrogens (tertiary/aromatic N) is 1. The Morgan fingerprint density at radius 1 is 1.43 bits per heavy atom. The number of aromatic amines is 1. The lowest BCUT2D eigenvalue weighted by Gasteiger charge is -2.04. The van der Waals surface area contributed by atoms with Gasteiger partial charge >= 0.3 is 0 Å². The summed E-state index contributed by atoms with van der Waals surface area (Å²) >= 11 is 0. The number of rotatable bonds is 8. The summed E-state index contributed by atoms with van der Waals surface area (Å²) in [5.74, 6) is 0.946. The smallest absolute Gasteiger partial charge is 0.120 e. The Morgan fingerprint density at radius 2 is 2.36 bits per heavy atom. The van der Waals surface area contributed by atoms with Crippen molar-refractivity contribution in [3.05, 3.63) is 18.2 Å². The number of methoxy groups -OCH3 is 1. The van der Waals surface area contributed by atoms with E-state index in [0.29, 0.717) is 19.8 Å². The molecule has 0 aliphatic heterocycles. The Bertz CT molecular complexity index is 214. The van der Waals surface area contributed by atoms with Gasteiger partial charge in [-0.2, -0.15) is 0 Å². The monoisotopic (exact) mass is 199 g/mol. The molecule has 5 nitrogen and oxygen atoms in total. The lowest BCUT2D eigenvalue weighted by atomic mass is 10.5. The van der Waals surface area contributed by atoms with Crippen LogP contribution >= 0.6 is 0 Å². The zero-order chi connectivity index (χ0) is 10.1. The van der Waals surface area contributed by atoms with Gasteiger partial charge in [0.25, 0.3) is 0 Å². The SMILES string of the molecule is COCCOCCNCc1ncc[nH]1. The summed E-state index contributed by atoms with van der Waals surface area (Å²) in [6, 6.07) is 0. The molecule has 5 heteroatoms. The number of hydrogen-bond donors (Lipinski definition) is 2. The molecule has 0 amide bonds. The number of aromatic nitrogens is 2. The molecule has 14 heavy (non-hydrogen) atoms. The highest BCUT2D eigenvalue weighted by Gasteiger charge is 1.92. The highest BCUT2D eigenvalue weighted by molar-refractivity contribution is 4.85. The molecule has 0 aliphatic rings. The van der Waals surface area contributed by atoms with E-state index in [9.17, 15) is 0 Å². The molecular weight excluding hydrogens is 182 g/mol. The molecule has 0 aliphatic carbocycles. The van der Waals surface area contributed by atoms with Crippen LogP contribution in [0.25, 0.3) is 0 Å². The topological polar surface area (TPSA) is 59.2 Å². The van der Waals surface area contributed by atoms with Gasteiger partial charge in [-0.15, -0.1) is 0 Å². The number of hydrogen-bond acceptors (Lipinski definition) is 4. The van der Waals surface area contributed by atoms with Crippen molar-refractivity contribution in [3.8, 4) is 0 Å². The van der Waals surface area contributed by atoms with Crippen LogP contribution in [0.5, 0.6) is 0 Å². The molecule has 0 fully saturated rings. The van der Waals surface area contributed by atoms with Crippen molar-refractivity contribution in [2.45, 2.75) is 6.54 Å². The van der Waals surface area contributed by atoms with Crippen LogP contribution in [0.4, 0.5) is 0 Å². The minimum absolute atomic E-state index is 0.651. The summed E-state index contributed by atoms with van der Waals surface area (Å²) < 4.78 is 10.1. The first-order valence-corrected chi connectivity index (χ1v) is 4.69. The third-order valence-corrected chi connectivity index (χ3v) is 1.70. The highest BCUT2D eigenvalue weighted by atomic mass is 16.5. The van der Waals surface area contributed by atoms with Crippen LogP contribution in [-0.4, -0.2) is 43.4 Å². The quantitative estimate of drug-likeness (QED) is 0.586. The van der Waals surface area contributed by atoms with Crippen LogP contribution < -0.4 is 5.32 Å². The minimum Gasteiger partial charge on any atom is -0.382 e. The lowest BCUT2D eigenvalue weighted by molar-refractivity contribution is 0.0718. The summed E-state index contributed by atoms with van der Waals surface area (Å²) in [7, 11) is 1.67. The summed E-state index contributed by atoms with van der Waals surface area (Å²) in [5, 5.41) is 3.21. The second-order valence-corrected chi connectivity index (χ2v) is 2.82. The first kappa shape index (κ1) is 11.2. The van der Waals surface area contributed by atoms with Crippen molar-refractivity contribution in [2.24, 2.45) is 0 Å². The zero-order valence-corrected chi connectivity index (χ0v) is 8.45. The van der Waals surface area contributed by atoms with Crippen molar-refractivity contribution in [1.82, 2.24) is 15.3 Å². The van der Waals surface area contributed by atoms with E-state index >= 15 is 0 Å². The molecule has 0 atom stereocenters. The fourth-order valence-corrected chi connectivity index (χ4v) is 0.990. The molecule has 1 rings (SSSR count). The average molecular weight is 199 g/mol. The summed E-state index contributed by atoms with van der Waals surface area (Å²) in [5.41, 5.74) is 0. The van der Waals surface area contributed by atoms with Gasteiger partial charge in [0.2, 0.25) is 0 Å². The fraction of sp³-hybridized carbons (Fsp3) is 0.667. The van der Waals surface area contributed by atoms with Crippen LogP contribution in [-0.2, 0) is 16.0 Å². The van der Waals surface area contributed by atoms with Gasteiger partial charge in [-0.1, -0.05) is 0 Å². The van der Waals surface area contributed by atoms with E-state index in [4.69, 9.17) is 9.47 Å². The molecule has 0 saturated carbocycles. The third-order valence-electron chi connectivity index (χ3n) is 1.70. The van der Waals surface area contributed by atoms with Gasteiger partial charge in [0.05, 0.1) is 26.4 Å². The maximum atomic E-state index is 5.28. The molecule has 2 N–H and O–H groups in total. The molecule has 80 valence electrons. The van der Waals surface area contributed by atoms with Gasteiger partial charge in [-0.3, -0.25) is 0 Å². The van der Waals surface area contributed by atoms with E-state index < -0.39 is 0 Å². The second-order valence-electron chi connectivity index (χ2n) is 2.82. The molecule has 0 bridgehead atoms. The van der Waals surface area contributed by atoms with Gasteiger partial charge in [0.15, 0.2) is 0 Å². The van der Waals surface area contributed by atoms with Gasteiger partial charge in [0.1, 0.15) is 5.82 Å². The maximum absolute atomic E-state index is 5.28. The molecule has 0 radical (unpaired) electrons. The molecule has 0 unspecified atom stereocenters. The van der Waals surface area contributed by atoms with Crippen molar-refractivity contribution in [1.29, 1.82) is 0 Å². The normalized spacial score (nSPS) is 10.6. The van der Waals surface area contributed by atoms with Crippen LogP contribution in [0.1, 0.15) is 5.82 Å². The van der Waals surface area contributed by atoms with Crippen LogP contribution in [0, 0.1) is 0 Å². The Hall–Kier alpha value is -0.910. The molecule has 0 spiro atoms. The minimum atomic E-state index is 0.651. The number of imidazole rings is 1. The lowest BCUT2D eigenvalue weighted by Crippen LogP contribution is -2.20. The van der Waals surface area contributed by atoms with E-state index in [0.717, 1.165) is 18.9 Å². The van der Waals surface area contributed by atoms with Gasteiger partial charge in [-0.25, -0.2) is 4.98 Å². The Kier molecular flexibility index (Phi) is 5.97. The first-order chi connectivity index (χ1) is 6.93. The van der Waals surface area contributed by atoms with Gasteiger partial charge in [0, 0.05) is 26.0 Å². The first-order valence-electron chi connectivity index (χ1n) is 4.69. The third kappa shape index (κ3) is 4.96. The van der Waals surface area contributed by atoms with Crippen LogP contribution in [0.15, 0.2) is 12.4 Å². The molecule has 0 aromatic carbocycles. The second kappa shape index (κ2) is 7.49. The maximum Gasteiger partial charge on any atom is 0.120 e. The zero-order valence-electron chi connectivity index (χ0n) is 8.45. The standard InChI is InChI=1S/C9H17N3O2/c1-13-6-7-14-5-4-10-8-9-11-2-3-12-9/h2-3,10H,4-8H2,1H3,(H,11,12). The highest BCUT2D eigenvalue weighted by Crippen LogP contribution is 1.85. The predicted octanol–water partition coefficient (Wildman–Crippen LogP) is 0.162. The van der Waals surface area contributed by atoms with E-state index in [1.54, 1.807) is 13.3 Å². The summed E-state index contributed by atoms with van der Waals surface area (Å²) in [6.45, 7) is 3.58. The van der Waals surface area contributed by atoms with E-state index in [2.05, 4.69) is 15.3 Å². The fourth-order valence-electron chi connectivity index (χ4n) is 0.990. The van der Waals surface area contributed by atoms with Crippen molar-refractivity contribution in [3.63, 3.8) is 0 Å². The molecule has 1 heterocycles.